The molecule has 2 atom stereocenters. The molecule has 174 valence electrons. The largest absolute Gasteiger partial charge is 0.480 e. The number of methoxy groups -OCH3 is 1. The van der Waals surface area contributed by atoms with Gasteiger partial charge in [0.25, 0.3) is 0 Å². The molecule has 0 aliphatic carbocycles. The first-order chi connectivity index (χ1) is 17.0. The van der Waals surface area contributed by atoms with Crippen molar-refractivity contribution in [2.45, 2.75) is 12.1 Å². The van der Waals surface area contributed by atoms with E-state index in [9.17, 15) is 9.18 Å². The lowest BCUT2D eigenvalue weighted by Gasteiger charge is -2.39. The number of carbonyl (C=O) groups excluding carboxylic acids is 1. The zero-order chi connectivity index (χ0) is 24.1. The fourth-order valence-corrected chi connectivity index (χ4v) is 4.77. The van der Waals surface area contributed by atoms with Gasteiger partial charge in [-0.15, -0.1) is 0 Å². The van der Waals surface area contributed by atoms with E-state index in [0.29, 0.717) is 22.3 Å². The molecule has 9 heteroatoms. The molecule has 0 fully saturated rings. The number of hydrogen-bond acceptors (Lipinski definition) is 6. The Hall–Kier alpha value is -4.17. The average Bonchev–Trinajstić information content (AvgIpc) is 3.36. The molecule has 2 aliphatic rings. The molecule has 0 saturated heterocycles. The predicted molar refractivity (Wildman–Crippen MR) is 128 cm³/mol. The van der Waals surface area contributed by atoms with Gasteiger partial charge in [-0.3, -0.25) is 0 Å². The molecule has 6 rings (SSSR count). The Labute approximate surface area is 204 Å². The van der Waals surface area contributed by atoms with Gasteiger partial charge in [0.05, 0.1) is 18.4 Å². The first-order valence-corrected chi connectivity index (χ1v) is 11.2. The van der Waals surface area contributed by atoms with E-state index in [1.807, 2.05) is 24.3 Å². The standard InChI is InChI=1S/C26H18ClFN4O3/c1-34-25(33)16-4-2-15(3-5-16)24-21-22(19-12-17(27)8-11-20(19)35-24)31-26-29-13-30-32(26)23(21)14-6-9-18(28)10-7-14/h2-13,23-24H,1H3,(H,29,30,31)/t23-,24-/m1/s1. The Bertz CT molecular complexity index is 1480. The summed E-state index contributed by atoms with van der Waals surface area (Å²) >= 11 is 6.35. The van der Waals surface area contributed by atoms with Gasteiger partial charge in [-0.05, 0) is 53.6 Å². The van der Waals surface area contributed by atoms with Crippen molar-refractivity contribution in [1.82, 2.24) is 14.8 Å². The van der Waals surface area contributed by atoms with E-state index in [-0.39, 0.29) is 5.82 Å². The summed E-state index contributed by atoms with van der Waals surface area (Å²) in [6.07, 6.45) is 0.933. The zero-order valence-corrected chi connectivity index (χ0v) is 19.2. The van der Waals surface area contributed by atoms with E-state index in [2.05, 4.69) is 15.4 Å². The molecule has 3 heterocycles. The number of ether oxygens (including phenoxy) is 2. The van der Waals surface area contributed by atoms with Crippen LogP contribution in [0.4, 0.5) is 10.3 Å². The predicted octanol–water partition coefficient (Wildman–Crippen LogP) is 5.42. The number of rotatable bonds is 3. The number of nitrogens with zero attached hydrogens (tertiary/aromatic N) is 3. The van der Waals surface area contributed by atoms with Crippen LogP contribution < -0.4 is 10.1 Å². The Morgan fingerprint density at radius 3 is 2.57 bits per heavy atom. The third kappa shape index (κ3) is 3.54. The monoisotopic (exact) mass is 488 g/mol. The van der Waals surface area contributed by atoms with Gasteiger partial charge >= 0.3 is 5.97 Å². The Kier molecular flexibility index (Phi) is 5.04. The van der Waals surface area contributed by atoms with Gasteiger partial charge in [0.2, 0.25) is 5.95 Å². The van der Waals surface area contributed by atoms with Crippen molar-refractivity contribution in [3.8, 4) is 5.75 Å². The molecule has 0 radical (unpaired) electrons. The van der Waals surface area contributed by atoms with Crippen LogP contribution in [0.15, 0.2) is 78.6 Å². The summed E-state index contributed by atoms with van der Waals surface area (Å²) < 4.78 is 26.9. The van der Waals surface area contributed by atoms with E-state index in [1.165, 1.54) is 25.6 Å². The van der Waals surface area contributed by atoms with Gasteiger partial charge in [0, 0.05) is 16.2 Å². The van der Waals surface area contributed by atoms with Crippen molar-refractivity contribution >= 4 is 29.2 Å². The smallest absolute Gasteiger partial charge is 0.337 e. The minimum absolute atomic E-state index is 0.331. The number of esters is 1. The minimum atomic E-state index is -0.537. The number of hydrogen-bond donors (Lipinski definition) is 1. The lowest BCUT2D eigenvalue weighted by atomic mass is 9.84. The van der Waals surface area contributed by atoms with Gasteiger partial charge < -0.3 is 14.8 Å². The van der Waals surface area contributed by atoms with Crippen molar-refractivity contribution in [3.05, 3.63) is 112 Å². The van der Waals surface area contributed by atoms with E-state index in [1.54, 1.807) is 35.0 Å². The molecule has 0 unspecified atom stereocenters. The number of fused-ring (bicyclic) bond motifs is 3. The second-order valence-corrected chi connectivity index (χ2v) is 8.63. The van der Waals surface area contributed by atoms with Gasteiger partial charge in [-0.2, -0.15) is 10.1 Å². The maximum atomic E-state index is 13.8. The molecule has 2 aliphatic heterocycles. The number of aromatic nitrogens is 3. The topological polar surface area (TPSA) is 78.3 Å². The minimum Gasteiger partial charge on any atom is -0.480 e. The van der Waals surface area contributed by atoms with Gasteiger partial charge in [0.15, 0.2) is 0 Å². The molecular weight excluding hydrogens is 471 g/mol. The van der Waals surface area contributed by atoms with Crippen LogP contribution in [-0.4, -0.2) is 27.8 Å². The molecule has 0 spiro atoms. The van der Waals surface area contributed by atoms with Crippen LogP contribution in [0.25, 0.3) is 5.70 Å². The Morgan fingerprint density at radius 2 is 1.83 bits per heavy atom. The maximum Gasteiger partial charge on any atom is 0.337 e. The molecule has 7 nitrogen and oxygen atoms in total. The average molecular weight is 489 g/mol. The second kappa shape index (κ2) is 8.25. The van der Waals surface area contributed by atoms with E-state index in [4.69, 9.17) is 21.1 Å². The zero-order valence-electron chi connectivity index (χ0n) is 18.4. The van der Waals surface area contributed by atoms with Gasteiger partial charge in [0.1, 0.15) is 30.0 Å². The number of halogens is 2. The summed E-state index contributed by atoms with van der Waals surface area (Å²) in [4.78, 5) is 16.3. The highest BCUT2D eigenvalue weighted by atomic mass is 35.5. The van der Waals surface area contributed by atoms with E-state index in [0.717, 1.165) is 28.0 Å². The highest BCUT2D eigenvalue weighted by molar-refractivity contribution is 6.30. The highest BCUT2D eigenvalue weighted by Crippen LogP contribution is 2.51. The SMILES string of the molecule is COC(=O)c1ccc([C@H]2Oc3ccc(Cl)cc3C3=C2[C@@H](c2ccc(F)cc2)n2ncnc2N3)cc1. The maximum absolute atomic E-state index is 13.8. The number of carbonyl (C=O) groups is 1. The summed E-state index contributed by atoms with van der Waals surface area (Å²) in [6, 6.07) is 18.4. The fourth-order valence-electron chi connectivity index (χ4n) is 4.59. The van der Waals surface area contributed by atoms with Crippen LogP contribution in [-0.2, 0) is 4.74 Å². The lowest BCUT2D eigenvalue weighted by Crippen LogP contribution is -2.32. The van der Waals surface area contributed by atoms with Crippen molar-refractivity contribution in [3.63, 3.8) is 0 Å². The van der Waals surface area contributed by atoms with Crippen LogP contribution in [0, 0.1) is 5.82 Å². The second-order valence-electron chi connectivity index (χ2n) is 8.19. The Morgan fingerprint density at radius 1 is 1.09 bits per heavy atom. The number of anilines is 1. The first kappa shape index (κ1) is 21.4. The normalized spacial score (nSPS) is 18.0. The molecule has 0 amide bonds. The summed E-state index contributed by atoms with van der Waals surface area (Å²) in [5.74, 6) is 0.443. The van der Waals surface area contributed by atoms with Crippen LogP contribution in [0.1, 0.15) is 39.2 Å². The van der Waals surface area contributed by atoms with Crippen molar-refractivity contribution in [1.29, 1.82) is 0 Å². The fraction of sp³-hybridized carbons (Fsp3) is 0.115. The molecule has 35 heavy (non-hydrogen) atoms. The summed E-state index contributed by atoms with van der Waals surface area (Å²) in [5.41, 5.74) is 4.52. The highest BCUT2D eigenvalue weighted by Gasteiger charge is 2.41. The third-order valence-corrected chi connectivity index (χ3v) is 6.43. The van der Waals surface area contributed by atoms with Crippen molar-refractivity contribution in [2.24, 2.45) is 0 Å². The molecule has 1 aromatic heterocycles. The molecule has 3 aromatic carbocycles. The summed E-state index contributed by atoms with van der Waals surface area (Å²) in [7, 11) is 1.34. The van der Waals surface area contributed by atoms with Crippen LogP contribution in [0.3, 0.4) is 0 Å². The van der Waals surface area contributed by atoms with Crippen molar-refractivity contribution < 1.29 is 18.7 Å². The van der Waals surface area contributed by atoms with Crippen LogP contribution in [0.5, 0.6) is 5.75 Å². The first-order valence-electron chi connectivity index (χ1n) is 10.8. The molecule has 1 N–H and O–H groups in total. The van der Waals surface area contributed by atoms with E-state index >= 15 is 0 Å². The molecule has 0 saturated carbocycles. The molecule has 4 aromatic rings. The lowest BCUT2D eigenvalue weighted by molar-refractivity contribution is 0.0600. The number of nitrogens with one attached hydrogen (secondary N) is 1. The van der Waals surface area contributed by atoms with Gasteiger partial charge in [-0.25, -0.2) is 13.9 Å². The van der Waals surface area contributed by atoms with Gasteiger partial charge in [-0.1, -0.05) is 35.9 Å². The van der Waals surface area contributed by atoms with E-state index < -0.39 is 18.1 Å². The quantitative estimate of drug-likeness (QED) is 0.388. The third-order valence-electron chi connectivity index (χ3n) is 6.20. The van der Waals surface area contributed by atoms with Crippen molar-refractivity contribution in [2.75, 3.05) is 12.4 Å². The summed E-state index contributed by atoms with van der Waals surface area (Å²) in [6.45, 7) is 0. The molecular formula is C26H18ClFN4O3. The number of benzene rings is 3. The molecule has 0 bridgehead atoms. The summed E-state index contributed by atoms with van der Waals surface area (Å²) in [5, 5.41) is 8.41. The van der Waals surface area contributed by atoms with Crippen LogP contribution >= 0.6 is 11.6 Å². The van der Waals surface area contributed by atoms with Crippen LogP contribution in [0.2, 0.25) is 5.02 Å². The Balaban J connectivity index is 1.57.